The largest absolute Gasteiger partial charge is 0.454 e. The fraction of sp³-hybridized carbons (Fsp3) is 0.115. The number of furan rings is 1. The molecule has 1 heterocycles. The highest BCUT2D eigenvalue weighted by Gasteiger charge is 2.43. The van der Waals surface area contributed by atoms with Gasteiger partial charge in [-0.25, -0.2) is 0 Å². The molecule has 0 saturated carbocycles. The Balaban J connectivity index is 1.18. The van der Waals surface area contributed by atoms with Crippen molar-refractivity contribution in [2.24, 2.45) is 0 Å². The molecule has 54 heavy (non-hydrogen) atoms. The third kappa shape index (κ3) is 4.23. The summed E-state index contributed by atoms with van der Waals surface area (Å²) in [7, 11) is 0. The van der Waals surface area contributed by atoms with Crippen LogP contribution >= 0.6 is 0 Å². The second-order valence-corrected chi connectivity index (χ2v) is 16.1. The molecule has 0 aliphatic heterocycles. The first-order chi connectivity index (χ1) is 26.3. The van der Waals surface area contributed by atoms with E-state index >= 15 is 0 Å². The number of hydrogen-bond acceptors (Lipinski definition) is 2. The Morgan fingerprint density at radius 2 is 1.02 bits per heavy atom. The second kappa shape index (κ2) is 11.1. The average molecular weight is 694 g/mol. The first-order valence-corrected chi connectivity index (χ1v) is 19.0. The van der Waals surface area contributed by atoms with Crippen LogP contribution in [0.1, 0.15) is 49.9 Å². The van der Waals surface area contributed by atoms with Crippen molar-refractivity contribution in [3.05, 3.63) is 186 Å². The molecule has 0 amide bonds. The average Bonchev–Trinajstić information content (AvgIpc) is 3.78. The Hall–Kier alpha value is -6.38. The van der Waals surface area contributed by atoms with Gasteiger partial charge in [-0.3, -0.25) is 0 Å². The Morgan fingerprint density at radius 3 is 1.83 bits per heavy atom. The van der Waals surface area contributed by atoms with E-state index in [-0.39, 0.29) is 10.8 Å². The lowest BCUT2D eigenvalue weighted by molar-refractivity contribution is 0.652. The maximum absolute atomic E-state index is 6.75. The monoisotopic (exact) mass is 693 g/mol. The van der Waals surface area contributed by atoms with Crippen LogP contribution in [0.5, 0.6) is 0 Å². The van der Waals surface area contributed by atoms with Crippen LogP contribution in [0.25, 0.3) is 66.1 Å². The summed E-state index contributed by atoms with van der Waals surface area (Å²) in [5.41, 5.74) is 18.1. The van der Waals surface area contributed by atoms with E-state index in [1.165, 1.54) is 66.4 Å². The van der Waals surface area contributed by atoms with E-state index in [2.05, 4.69) is 190 Å². The first kappa shape index (κ1) is 31.2. The molecule has 11 rings (SSSR count). The van der Waals surface area contributed by atoms with Gasteiger partial charge in [0.15, 0.2) is 5.58 Å². The Labute approximate surface area is 315 Å². The summed E-state index contributed by atoms with van der Waals surface area (Å²) in [6, 6.07) is 60.1. The van der Waals surface area contributed by atoms with Gasteiger partial charge >= 0.3 is 0 Å². The Kier molecular flexibility index (Phi) is 6.39. The van der Waals surface area contributed by atoms with Crippen LogP contribution in [0, 0.1) is 0 Å². The van der Waals surface area contributed by atoms with Crippen molar-refractivity contribution in [2.75, 3.05) is 4.90 Å². The number of benzene rings is 8. The summed E-state index contributed by atoms with van der Waals surface area (Å²) >= 11 is 0. The normalized spacial score (nSPS) is 14.6. The zero-order chi connectivity index (χ0) is 36.3. The molecule has 0 unspecified atom stereocenters. The third-order valence-electron chi connectivity index (χ3n) is 12.5. The maximum Gasteiger partial charge on any atom is 0.159 e. The van der Waals surface area contributed by atoms with Gasteiger partial charge in [0.1, 0.15) is 5.58 Å². The molecule has 0 spiro atoms. The number of fused-ring (bicyclic) bond motifs is 11. The number of anilines is 3. The van der Waals surface area contributed by atoms with Gasteiger partial charge < -0.3 is 9.32 Å². The van der Waals surface area contributed by atoms with E-state index in [0.717, 1.165) is 39.0 Å². The SMILES string of the molecule is CC1(C)c2ccccc2-c2cc3c(cc21)-c1c(cc(N(c2ccc(-c4ccccc4)cc2)c2cccc4c2oc2ccccc24)c2ccccc12)C3(C)C. The third-order valence-corrected chi connectivity index (χ3v) is 12.5. The van der Waals surface area contributed by atoms with Gasteiger partial charge in [0, 0.05) is 32.7 Å². The number of rotatable bonds is 4. The summed E-state index contributed by atoms with van der Waals surface area (Å²) in [5, 5.41) is 4.72. The number of nitrogens with zero attached hydrogens (tertiary/aromatic N) is 1. The lowest BCUT2D eigenvalue weighted by Gasteiger charge is -2.30. The van der Waals surface area contributed by atoms with Crippen molar-refractivity contribution in [3.63, 3.8) is 0 Å². The van der Waals surface area contributed by atoms with Crippen molar-refractivity contribution in [3.8, 4) is 33.4 Å². The van der Waals surface area contributed by atoms with E-state index in [0.29, 0.717) is 0 Å². The smallest absolute Gasteiger partial charge is 0.159 e. The summed E-state index contributed by atoms with van der Waals surface area (Å²) < 4.78 is 6.75. The van der Waals surface area contributed by atoms with E-state index < -0.39 is 0 Å². The topological polar surface area (TPSA) is 16.4 Å². The maximum atomic E-state index is 6.75. The molecule has 0 N–H and O–H groups in total. The van der Waals surface area contributed by atoms with Crippen LogP contribution in [-0.4, -0.2) is 0 Å². The van der Waals surface area contributed by atoms with E-state index in [9.17, 15) is 0 Å². The highest BCUT2D eigenvalue weighted by atomic mass is 16.3. The number of hydrogen-bond donors (Lipinski definition) is 0. The lowest BCUT2D eigenvalue weighted by atomic mass is 9.79. The molecule has 2 heteroatoms. The standard InChI is InChI=1S/C52H39NO/c1-51(2)42-22-12-10-17-35(42)40-29-44-41(30-43(40)51)49-38-20-9-8-18-36(38)47(31-45(49)52(44,3)4)53(34-27-25-33(26-28-34)32-15-6-5-7-16-32)46-23-14-21-39-37-19-11-13-24-48(37)54-50(39)46/h5-31H,1-4H3. The van der Waals surface area contributed by atoms with Gasteiger partial charge in [0.05, 0.1) is 11.4 Å². The predicted octanol–water partition coefficient (Wildman–Crippen LogP) is 14.5. The van der Waals surface area contributed by atoms with Crippen LogP contribution in [0.3, 0.4) is 0 Å². The number of para-hydroxylation sites is 2. The molecular weight excluding hydrogens is 655 g/mol. The molecule has 0 bridgehead atoms. The van der Waals surface area contributed by atoms with Gasteiger partial charge in [-0.05, 0) is 103 Å². The van der Waals surface area contributed by atoms with Gasteiger partial charge in [0.2, 0.25) is 0 Å². The Morgan fingerprint density at radius 1 is 0.407 bits per heavy atom. The molecular formula is C52H39NO. The van der Waals surface area contributed by atoms with Crippen molar-refractivity contribution in [2.45, 2.75) is 38.5 Å². The molecule has 9 aromatic rings. The molecule has 0 fully saturated rings. The predicted molar refractivity (Wildman–Crippen MR) is 226 cm³/mol. The molecule has 2 aliphatic carbocycles. The van der Waals surface area contributed by atoms with Crippen LogP contribution < -0.4 is 4.90 Å². The molecule has 0 radical (unpaired) electrons. The highest BCUT2D eigenvalue weighted by Crippen LogP contribution is 2.59. The van der Waals surface area contributed by atoms with E-state index in [1.54, 1.807) is 0 Å². The fourth-order valence-corrected chi connectivity index (χ4v) is 9.69. The van der Waals surface area contributed by atoms with Crippen LogP contribution in [0.15, 0.2) is 168 Å². The van der Waals surface area contributed by atoms with Crippen LogP contribution in [0.2, 0.25) is 0 Å². The van der Waals surface area contributed by atoms with Crippen molar-refractivity contribution < 1.29 is 4.42 Å². The van der Waals surface area contributed by atoms with Crippen LogP contribution in [-0.2, 0) is 10.8 Å². The van der Waals surface area contributed by atoms with Gasteiger partial charge in [-0.15, -0.1) is 0 Å². The zero-order valence-corrected chi connectivity index (χ0v) is 30.9. The zero-order valence-electron chi connectivity index (χ0n) is 30.9. The molecule has 2 aliphatic rings. The van der Waals surface area contributed by atoms with Gasteiger partial charge in [0.25, 0.3) is 0 Å². The van der Waals surface area contributed by atoms with Crippen molar-refractivity contribution in [1.82, 2.24) is 0 Å². The second-order valence-electron chi connectivity index (χ2n) is 16.1. The van der Waals surface area contributed by atoms with Gasteiger partial charge in [-0.2, -0.15) is 0 Å². The first-order valence-electron chi connectivity index (χ1n) is 19.0. The molecule has 0 atom stereocenters. The summed E-state index contributed by atoms with van der Waals surface area (Å²) in [5.74, 6) is 0. The Bertz CT molecular complexity index is 2980. The minimum atomic E-state index is -0.228. The minimum Gasteiger partial charge on any atom is -0.454 e. The van der Waals surface area contributed by atoms with Crippen molar-refractivity contribution in [1.29, 1.82) is 0 Å². The summed E-state index contributed by atoms with van der Waals surface area (Å²) in [4.78, 5) is 2.43. The van der Waals surface area contributed by atoms with Crippen molar-refractivity contribution >= 4 is 49.8 Å². The minimum absolute atomic E-state index is 0.0719. The van der Waals surface area contributed by atoms with Gasteiger partial charge in [-0.1, -0.05) is 149 Å². The molecule has 258 valence electrons. The quantitative estimate of drug-likeness (QED) is 0.182. The van der Waals surface area contributed by atoms with E-state index in [1.807, 2.05) is 6.07 Å². The van der Waals surface area contributed by atoms with E-state index in [4.69, 9.17) is 4.42 Å². The molecule has 2 nitrogen and oxygen atoms in total. The van der Waals surface area contributed by atoms with Crippen LogP contribution in [0.4, 0.5) is 17.1 Å². The summed E-state index contributed by atoms with van der Waals surface area (Å²) in [6.45, 7) is 9.58. The molecule has 1 aromatic heterocycles. The highest BCUT2D eigenvalue weighted by molar-refractivity contribution is 6.14. The molecule has 0 saturated heterocycles. The molecule has 8 aromatic carbocycles. The summed E-state index contributed by atoms with van der Waals surface area (Å²) in [6.07, 6.45) is 0. The fourth-order valence-electron chi connectivity index (χ4n) is 9.69. The lowest BCUT2D eigenvalue weighted by Crippen LogP contribution is -2.18.